The molecule has 2 aromatic carbocycles. The molecule has 0 aromatic heterocycles. The van der Waals surface area contributed by atoms with Crippen LogP contribution in [0.1, 0.15) is 11.1 Å². The van der Waals surface area contributed by atoms with Crippen LogP contribution in [0.3, 0.4) is 0 Å². The second-order valence-corrected chi connectivity index (χ2v) is 4.40. The van der Waals surface area contributed by atoms with E-state index in [1.807, 2.05) is 0 Å². The lowest BCUT2D eigenvalue weighted by Gasteiger charge is -2.07. The molecule has 0 atom stereocenters. The summed E-state index contributed by atoms with van der Waals surface area (Å²) in [5, 5.41) is 2.61. The lowest BCUT2D eigenvalue weighted by Crippen LogP contribution is -2.25. The lowest BCUT2D eigenvalue weighted by atomic mass is 10.1. The standard InChI is InChI=1S/C15H14F2N2O/c16-13-2-1-3-14(17)12(13)8-15(20)19-9-10-4-6-11(18)7-5-10/h1-7H,8-9,18H2,(H,19,20). The summed E-state index contributed by atoms with van der Waals surface area (Å²) in [7, 11) is 0. The highest BCUT2D eigenvalue weighted by molar-refractivity contribution is 5.78. The number of nitrogen functional groups attached to an aromatic ring is 1. The van der Waals surface area contributed by atoms with Crippen LogP contribution in [0.4, 0.5) is 14.5 Å². The van der Waals surface area contributed by atoms with E-state index >= 15 is 0 Å². The molecule has 0 saturated heterocycles. The number of carbonyl (C=O) groups is 1. The van der Waals surface area contributed by atoms with E-state index in [-0.39, 0.29) is 18.5 Å². The van der Waals surface area contributed by atoms with Crippen molar-refractivity contribution < 1.29 is 13.6 Å². The van der Waals surface area contributed by atoms with Gasteiger partial charge in [0.2, 0.25) is 5.91 Å². The van der Waals surface area contributed by atoms with Crippen molar-refractivity contribution in [2.24, 2.45) is 0 Å². The average molecular weight is 276 g/mol. The molecule has 0 radical (unpaired) electrons. The van der Waals surface area contributed by atoms with E-state index in [4.69, 9.17) is 5.73 Å². The Labute approximate surface area is 115 Å². The number of rotatable bonds is 4. The predicted octanol–water partition coefficient (Wildman–Crippen LogP) is 2.41. The molecule has 3 nitrogen and oxygen atoms in total. The normalized spacial score (nSPS) is 10.3. The number of halogens is 2. The molecule has 20 heavy (non-hydrogen) atoms. The largest absolute Gasteiger partial charge is 0.399 e. The average Bonchev–Trinajstić information content (AvgIpc) is 2.42. The summed E-state index contributed by atoms with van der Waals surface area (Å²) in [5.41, 5.74) is 6.82. The Morgan fingerprint density at radius 1 is 1.05 bits per heavy atom. The zero-order valence-electron chi connectivity index (χ0n) is 10.7. The first-order chi connectivity index (χ1) is 9.56. The van der Waals surface area contributed by atoms with Gasteiger partial charge in [0.1, 0.15) is 11.6 Å². The summed E-state index contributed by atoms with van der Waals surface area (Å²) in [4.78, 5) is 11.7. The molecule has 2 aromatic rings. The minimum Gasteiger partial charge on any atom is -0.399 e. The Morgan fingerprint density at radius 3 is 2.25 bits per heavy atom. The maximum absolute atomic E-state index is 13.4. The van der Waals surface area contributed by atoms with Crippen molar-refractivity contribution in [1.82, 2.24) is 5.32 Å². The zero-order valence-corrected chi connectivity index (χ0v) is 10.7. The molecule has 3 N–H and O–H groups in total. The van der Waals surface area contributed by atoms with Crippen LogP contribution in [-0.4, -0.2) is 5.91 Å². The molecule has 0 bridgehead atoms. The van der Waals surface area contributed by atoms with E-state index in [2.05, 4.69) is 5.32 Å². The van der Waals surface area contributed by atoms with Crippen LogP contribution in [0, 0.1) is 11.6 Å². The number of nitrogens with one attached hydrogen (secondary N) is 1. The van der Waals surface area contributed by atoms with Crippen LogP contribution in [0.2, 0.25) is 0 Å². The first-order valence-corrected chi connectivity index (χ1v) is 6.10. The lowest BCUT2D eigenvalue weighted by molar-refractivity contribution is -0.120. The van der Waals surface area contributed by atoms with Gasteiger partial charge in [-0.1, -0.05) is 18.2 Å². The molecule has 0 aliphatic carbocycles. The third kappa shape index (κ3) is 3.54. The van der Waals surface area contributed by atoms with Crippen LogP contribution >= 0.6 is 0 Å². The maximum Gasteiger partial charge on any atom is 0.224 e. The van der Waals surface area contributed by atoms with Gasteiger partial charge in [0.05, 0.1) is 6.42 Å². The van der Waals surface area contributed by atoms with E-state index in [0.29, 0.717) is 5.69 Å². The molecule has 0 spiro atoms. The summed E-state index contributed by atoms with van der Waals surface area (Å²) < 4.78 is 26.8. The van der Waals surface area contributed by atoms with Crippen molar-refractivity contribution in [1.29, 1.82) is 0 Å². The van der Waals surface area contributed by atoms with Gasteiger partial charge < -0.3 is 11.1 Å². The number of carbonyl (C=O) groups excluding carboxylic acids is 1. The molecule has 104 valence electrons. The Hall–Kier alpha value is -2.43. The summed E-state index contributed by atoms with van der Waals surface area (Å²) in [6, 6.07) is 10.5. The summed E-state index contributed by atoms with van der Waals surface area (Å²) in [6.07, 6.45) is -0.326. The smallest absolute Gasteiger partial charge is 0.224 e. The Kier molecular flexibility index (Phi) is 4.30. The molecule has 2 rings (SSSR count). The number of nitrogens with two attached hydrogens (primary N) is 1. The van der Waals surface area contributed by atoms with Crippen LogP contribution < -0.4 is 11.1 Å². The van der Waals surface area contributed by atoms with Crippen molar-refractivity contribution in [3.8, 4) is 0 Å². The number of hydrogen-bond donors (Lipinski definition) is 2. The van der Waals surface area contributed by atoms with E-state index in [1.54, 1.807) is 24.3 Å². The molecule has 0 heterocycles. The molecule has 0 unspecified atom stereocenters. The highest BCUT2D eigenvalue weighted by Gasteiger charge is 2.12. The second-order valence-electron chi connectivity index (χ2n) is 4.40. The summed E-state index contributed by atoms with van der Waals surface area (Å²) in [5.74, 6) is -1.87. The van der Waals surface area contributed by atoms with Crippen LogP contribution in [0.25, 0.3) is 0 Å². The molecule has 0 saturated carbocycles. The van der Waals surface area contributed by atoms with Gasteiger partial charge in [0.25, 0.3) is 0 Å². The van der Waals surface area contributed by atoms with Gasteiger partial charge in [-0.05, 0) is 29.8 Å². The minimum atomic E-state index is -0.715. The first-order valence-electron chi connectivity index (χ1n) is 6.10. The fraction of sp³-hybridized carbons (Fsp3) is 0.133. The highest BCUT2D eigenvalue weighted by atomic mass is 19.1. The molecule has 1 amide bonds. The van der Waals surface area contributed by atoms with Gasteiger partial charge in [0, 0.05) is 17.8 Å². The van der Waals surface area contributed by atoms with Gasteiger partial charge >= 0.3 is 0 Å². The number of amides is 1. The predicted molar refractivity (Wildman–Crippen MR) is 72.8 cm³/mol. The summed E-state index contributed by atoms with van der Waals surface area (Å²) >= 11 is 0. The minimum absolute atomic E-state index is 0.220. The Morgan fingerprint density at radius 2 is 1.65 bits per heavy atom. The summed E-state index contributed by atoms with van der Waals surface area (Å²) in [6.45, 7) is 0.287. The Bertz CT molecular complexity index is 592. The fourth-order valence-electron chi connectivity index (χ4n) is 1.76. The number of hydrogen-bond acceptors (Lipinski definition) is 2. The SMILES string of the molecule is Nc1ccc(CNC(=O)Cc2c(F)cccc2F)cc1. The third-order valence-electron chi connectivity index (χ3n) is 2.87. The topological polar surface area (TPSA) is 55.1 Å². The number of benzene rings is 2. The van der Waals surface area contributed by atoms with Crippen molar-refractivity contribution in [3.63, 3.8) is 0 Å². The van der Waals surface area contributed by atoms with Gasteiger partial charge in [-0.2, -0.15) is 0 Å². The van der Waals surface area contributed by atoms with Crippen LogP contribution in [0.15, 0.2) is 42.5 Å². The van der Waals surface area contributed by atoms with Crippen LogP contribution in [-0.2, 0) is 17.8 Å². The molecule has 5 heteroatoms. The fourth-order valence-corrected chi connectivity index (χ4v) is 1.76. The molecule has 0 aliphatic rings. The van der Waals surface area contributed by atoms with E-state index in [9.17, 15) is 13.6 Å². The maximum atomic E-state index is 13.4. The van der Waals surface area contributed by atoms with Crippen molar-refractivity contribution >= 4 is 11.6 Å². The quantitative estimate of drug-likeness (QED) is 0.843. The van der Waals surface area contributed by atoms with Gasteiger partial charge in [-0.25, -0.2) is 8.78 Å². The molecule has 0 aliphatic heterocycles. The van der Waals surface area contributed by atoms with Gasteiger partial charge in [-0.15, -0.1) is 0 Å². The molecular formula is C15H14F2N2O. The van der Waals surface area contributed by atoms with Crippen molar-refractivity contribution in [2.45, 2.75) is 13.0 Å². The van der Waals surface area contributed by atoms with E-state index in [1.165, 1.54) is 6.07 Å². The monoisotopic (exact) mass is 276 g/mol. The van der Waals surface area contributed by atoms with E-state index in [0.717, 1.165) is 17.7 Å². The molecule has 0 fully saturated rings. The highest BCUT2D eigenvalue weighted by Crippen LogP contribution is 2.12. The van der Waals surface area contributed by atoms with Gasteiger partial charge in [0.15, 0.2) is 0 Å². The third-order valence-corrected chi connectivity index (χ3v) is 2.87. The zero-order chi connectivity index (χ0) is 14.5. The van der Waals surface area contributed by atoms with Crippen molar-refractivity contribution in [2.75, 3.05) is 5.73 Å². The molecular weight excluding hydrogens is 262 g/mol. The van der Waals surface area contributed by atoms with Gasteiger partial charge in [-0.3, -0.25) is 4.79 Å². The number of anilines is 1. The van der Waals surface area contributed by atoms with E-state index < -0.39 is 17.5 Å². The second kappa shape index (κ2) is 6.14. The Balaban J connectivity index is 1.94. The van der Waals surface area contributed by atoms with Crippen LogP contribution in [0.5, 0.6) is 0 Å². The first kappa shape index (κ1) is 14.0. The van der Waals surface area contributed by atoms with Crippen molar-refractivity contribution in [3.05, 3.63) is 65.2 Å².